The normalized spacial score (nSPS) is 23.6. The molecule has 0 bridgehead atoms. The molecule has 2 saturated heterocycles. The first-order chi connectivity index (χ1) is 21.2. The van der Waals surface area contributed by atoms with E-state index in [1.807, 2.05) is 30.2 Å². The molecule has 6 rings (SSSR count). The standard InChI is InChI=1S/C32H35FN6O5/c1-32(18-44-19-32)31(41)38-11-4-5-22(17-38)28-26-16-35-10-12-39(26,36-15-21-6-8-23(42-2)14-27(21)43-3)30(37-28)24-9-7-20(29(34)40)13-25(24)33/h6-10,12-14,16,22,36H,4-5,11,15,17-19H2,1-3H3,(H-,34,40)/p+1/t22-,39?/m1/s1. The van der Waals surface area contributed by atoms with E-state index in [0.29, 0.717) is 50.2 Å². The van der Waals surface area contributed by atoms with Gasteiger partial charge in [-0.3, -0.25) is 14.6 Å². The first-order valence-corrected chi connectivity index (χ1v) is 14.6. The molecule has 0 saturated carbocycles. The number of allylic oxidation sites excluding steroid dienone is 1. The van der Waals surface area contributed by atoms with Gasteiger partial charge in [0.15, 0.2) is 0 Å². The van der Waals surface area contributed by atoms with Crippen LogP contribution in [0.4, 0.5) is 4.39 Å². The van der Waals surface area contributed by atoms with E-state index < -0.39 is 17.1 Å². The number of piperidine rings is 1. The number of nitrogens with zero attached hydrogens (tertiary/aromatic N) is 4. The van der Waals surface area contributed by atoms with Crippen molar-refractivity contribution in [2.24, 2.45) is 27.1 Å². The predicted octanol–water partition coefficient (Wildman–Crippen LogP) is 3.27. The molecule has 4 aliphatic rings. The molecule has 0 spiro atoms. The molecular formula is C32H36FN6O5+. The number of aliphatic imine (C=N–C) groups is 2. The van der Waals surface area contributed by atoms with Gasteiger partial charge in [0.2, 0.25) is 17.5 Å². The second kappa shape index (κ2) is 11.6. The highest BCUT2D eigenvalue weighted by molar-refractivity contribution is 6.02. The van der Waals surface area contributed by atoms with Crippen LogP contribution in [0.15, 0.2) is 70.2 Å². The summed E-state index contributed by atoms with van der Waals surface area (Å²) in [6.07, 6.45) is 6.81. The fourth-order valence-electron chi connectivity index (χ4n) is 6.22. The Kier molecular flexibility index (Phi) is 7.82. The number of nitrogens with one attached hydrogen (secondary N) is 1. The largest absolute Gasteiger partial charge is 0.497 e. The number of amides is 2. The van der Waals surface area contributed by atoms with Crippen molar-refractivity contribution < 1.29 is 32.8 Å². The summed E-state index contributed by atoms with van der Waals surface area (Å²) in [5.74, 6) is 0.281. The Morgan fingerprint density at radius 1 is 1.20 bits per heavy atom. The first-order valence-electron chi connectivity index (χ1n) is 14.6. The number of methoxy groups -OCH3 is 2. The highest BCUT2D eigenvalue weighted by Gasteiger charge is 2.51. The van der Waals surface area contributed by atoms with Gasteiger partial charge in [0.05, 0.1) is 57.4 Å². The van der Waals surface area contributed by atoms with Crippen molar-refractivity contribution in [3.63, 3.8) is 0 Å². The van der Waals surface area contributed by atoms with Gasteiger partial charge in [-0.05, 0) is 44.0 Å². The Morgan fingerprint density at radius 2 is 2.02 bits per heavy atom. The number of rotatable bonds is 9. The second-order valence-electron chi connectivity index (χ2n) is 11.7. The van der Waals surface area contributed by atoms with Crippen molar-refractivity contribution in [3.8, 4) is 11.5 Å². The fraction of sp³-hybridized carbons (Fsp3) is 0.375. The van der Waals surface area contributed by atoms with Gasteiger partial charge in [-0.15, -0.1) is 10.0 Å². The van der Waals surface area contributed by atoms with E-state index in [2.05, 4.69) is 10.4 Å². The van der Waals surface area contributed by atoms with E-state index in [1.54, 1.807) is 32.7 Å². The molecule has 44 heavy (non-hydrogen) atoms. The van der Waals surface area contributed by atoms with Crippen LogP contribution in [0.2, 0.25) is 0 Å². The molecule has 3 N–H and O–H groups in total. The molecule has 0 aliphatic carbocycles. The van der Waals surface area contributed by atoms with Gasteiger partial charge in [-0.25, -0.2) is 4.39 Å². The van der Waals surface area contributed by atoms with Crippen LogP contribution >= 0.6 is 0 Å². The monoisotopic (exact) mass is 603 g/mol. The number of fused-ring (bicyclic) bond motifs is 1. The van der Waals surface area contributed by atoms with Gasteiger partial charge >= 0.3 is 0 Å². The topological polar surface area (TPSA) is 128 Å². The summed E-state index contributed by atoms with van der Waals surface area (Å²) in [5.41, 5.74) is 11.1. The van der Waals surface area contributed by atoms with Crippen molar-refractivity contribution in [1.82, 2.24) is 10.3 Å². The zero-order chi connectivity index (χ0) is 31.1. The smallest absolute Gasteiger partial charge is 0.268 e. The summed E-state index contributed by atoms with van der Waals surface area (Å²) >= 11 is 0. The second-order valence-corrected chi connectivity index (χ2v) is 11.7. The number of hydrogen-bond donors (Lipinski definition) is 2. The lowest BCUT2D eigenvalue weighted by molar-refractivity contribution is -0.791. The number of likely N-dealkylation sites (tertiary alicyclic amines) is 1. The number of ether oxygens (including phenoxy) is 3. The maximum atomic E-state index is 15.8. The van der Waals surface area contributed by atoms with Crippen LogP contribution < -0.4 is 20.6 Å². The number of carbonyl (C=O) groups is 2. The minimum atomic E-state index is -0.723. The molecule has 2 aromatic carbocycles. The van der Waals surface area contributed by atoms with Crippen LogP contribution in [-0.4, -0.2) is 73.9 Å². The number of carbonyl (C=O) groups excluding carboxylic acids is 2. The van der Waals surface area contributed by atoms with Crippen LogP contribution in [0.25, 0.3) is 0 Å². The molecular weight excluding hydrogens is 567 g/mol. The van der Waals surface area contributed by atoms with Crippen LogP contribution in [0.3, 0.4) is 0 Å². The summed E-state index contributed by atoms with van der Waals surface area (Å²) in [7, 11) is 3.18. The average Bonchev–Trinajstić information content (AvgIpc) is 3.37. The molecule has 12 heteroatoms. The van der Waals surface area contributed by atoms with Gasteiger partial charge < -0.3 is 24.8 Å². The summed E-state index contributed by atoms with van der Waals surface area (Å²) in [4.78, 5) is 36.7. The van der Waals surface area contributed by atoms with E-state index >= 15 is 4.39 Å². The maximum Gasteiger partial charge on any atom is 0.268 e. The highest BCUT2D eigenvalue weighted by Crippen LogP contribution is 2.40. The molecule has 0 aromatic heterocycles. The number of quaternary nitrogens is 1. The number of amidine groups is 1. The van der Waals surface area contributed by atoms with Crippen LogP contribution in [0.5, 0.6) is 11.5 Å². The van der Waals surface area contributed by atoms with E-state index in [4.69, 9.17) is 24.9 Å². The summed E-state index contributed by atoms with van der Waals surface area (Å²) in [5, 5.41) is 0. The number of nitrogens with two attached hydrogens (primary N) is 1. The molecule has 230 valence electrons. The number of halogens is 1. The Hall–Kier alpha value is -4.39. The number of primary amides is 1. The zero-order valence-electron chi connectivity index (χ0n) is 25.0. The van der Waals surface area contributed by atoms with Gasteiger partial charge in [0.25, 0.3) is 5.84 Å². The quantitative estimate of drug-likeness (QED) is 0.424. The molecule has 2 amide bonds. The lowest BCUT2D eigenvalue weighted by Gasteiger charge is -2.43. The highest BCUT2D eigenvalue weighted by atomic mass is 19.1. The lowest BCUT2D eigenvalue weighted by Crippen LogP contribution is -2.57. The molecule has 2 fully saturated rings. The minimum Gasteiger partial charge on any atom is -0.497 e. The first kappa shape index (κ1) is 29.7. The Bertz CT molecular complexity index is 1630. The summed E-state index contributed by atoms with van der Waals surface area (Å²) in [6, 6.07) is 9.70. The SMILES string of the molecule is COc1ccc(CN[N+]23C=CN=CC2=C([C@@H]2CCCN(C(=O)C4(C)COC4)C2)N=C3c2ccc(C(N)=O)cc2F)c(OC)c1. The van der Waals surface area contributed by atoms with Crippen LogP contribution in [0, 0.1) is 17.2 Å². The van der Waals surface area contributed by atoms with E-state index in [0.717, 1.165) is 35.9 Å². The molecule has 4 heterocycles. The van der Waals surface area contributed by atoms with Gasteiger partial charge in [0.1, 0.15) is 29.2 Å². The van der Waals surface area contributed by atoms with Crippen molar-refractivity contribution in [2.75, 3.05) is 40.5 Å². The number of hydrogen-bond acceptors (Lipinski definition) is 8. The van der Waals surface area contributed by atoms with E-state index in [9.17, 15) is 9.59 Å². The molecule has 2 atom stereocenters. The predicted molar refractivity (Wildman–Crippen MR) is 161 cm³/mol. The third-order valence-corrected chi connectivity index (χ3v) is 8.74. The Morgan fingerprint density at radius 3 is 2.70 bits per heavy atom. The summed E-state index contributed by atoms with van der Waals surface area (Å²) < 4.78 is 32.0. The Labute approximate surface area is 255 Å². The van der Waals surface area contributed by atoms with Gasteiger partial charge in [-0.2, -0.15) is 4.99 Å². The third-order valence-electron chi connectivity index (χ3n) is 8.74. The van der Waals surface area contributed by atoms with Crippen molar-refractivity contribution in [1.29, 1.82) is 0 Å². The van der Waals surface area contributed by atoms with Crippen molar-refractivity contribution in [2.45, 2.75) is 26.3 Å². The van der Waals surface area contributed by atoms with Crippen molar-refractivity contribution >= 4 is 23.9 Å². The number of benzene rings is 2. The Balaban J connectivity index is 1.41. The molecule has 4 aliphatic heterocycles. The van der Waals surface area contributed by atoms with Gasteiger partial charge in [0, 0.05) is 36.2 Å². The summed E-state index contributed by atoms with van der Waals surface area (Å²) in [6.45, 7) is 4.23. The molecule has 0 radical (unpaired) electrons. The van der Waals surface area contributed by atoms with Crippen LogP contribution in [0.1, 0.15) is 41.3 Å². The zero-order valence-corrected chi connectivity index (χ0v) is 25.0. The van der Waals surface area contributed by atoms with Gasteiger partial charge in [-0.1, -0.05) is 6.07 Å². The molecule has 11 nitrogen and oxygen atoms in total. The van der Waals surface area contributed by atoms with Crippen molar-refractivity contribution in [3.05, 3.63) is 82.7 Å². The maximum absolute atomic E-state index is 15.8. The molecule has 2 aromatic rings. The molecule has 1 unspecified atom stereocenters. The lowest BCUT2D eigenvalue weighted by atomic mass is 9.85. The van der Waals surface area contributed by atoms with Crippen LogP contribution in [-0.2, 0) is 16.1 Å². The third kappa shape index (κ3) is 5.08. The van der Waals surface area contributed by atoms with E-state index in [1.165, 1.54) is 12.1 Å². The van der Waals surface area contributed by atoms with E-state index in [-0.39, 0.29) is 27.5 Å². The fourth-order valence-corrected chi connectivity index (χ4v) is 6.22. The average molecular weight is 604 g/mol. The minimum absolute atomic E-state index is 0.0615.